The van der Waals surface area contributed by atoms with Gasteiger partial charge in [-0.05, 0) is 48.6 Å². The van der Waals surface area contributed by atoms with Crippen LogP contribution in [-0.4, -0.2) is 24.6 Å². The van der Waals surface area contributed by atoms with E-state index < -0.39 is 0 Å². The highest BCUT2D eigenvalue weighted by Gasteiger charge is 2.22. The molecule has 1 aliphatic heterocycles. The van der Waals surface area contributed by atoms with E-state index in [-0.39, 0.29) is 0 Å². The first-order valence-corrected chi connectivity index (χ1v) is 9.78. The molecule has 0 unspecified atom stereocenters. The first kappa shape index (κ1) is 17.7. The van der Waals surface area contributed by atoms with Crippen LogP contribution < -0.4 is 5.01 Å². The Morgan fingerprint density at radius 1 is 0.815 bits per heavy atom. The topological polar surface area (TPSA) is 35.9 Å². The van der Waals surface area contributed by atoms with Crippen molar-refractivity contribution in [3.8, 4) is 0 Å². The van der Waals surface area contributed by atoms with Crippen LogP contribution >= 0.6 is 0 Å². The van der Waals surface area contributed by atoms with E-state index in [1.165, 1.54) is 24.1 Å². The summed E-state index contributed by atoms with van der Waals surface area (Å²) in [5.41, 5.74) is 3.09. The minimum absolute atomic E-state index is 0.516. The van der Waals surface area contributed by atoms with Gasteiger partial charge in [0.1, 0.15) is 5.69 Å². The van der Waals surface area contributed by atoms with E-state index in [1.54, 1.807) is 0 Å². The van der Waals surface area contributed by atoms with Crippen molar-refractivity contribution in [3.05, 3.63) is 77.2 Å². The van der Waals surface area contributed by atoms with Gasteiger partial charge >= 0.3 is 0 Å². The molecule has 0 amide bonds. The fraction of sp³-hybridized carbons (Fsp3) is 0.304. The largest absolute Gasteiger partial charge is 0.305 e. The average molecular weight is 359 g/mol. The Morgan fingerprint density at radius 2 is 1.56 bits per heavy atom. The monoisotopic (exact) mass is 359 g/mol. The smallest absolute Gasteiger partial charge is 0.115 e. The van der Waals surface area contributed by atoms with Crippen molar-refractivity contribution in [1.82, 2.24) is 5.01 Å². The number of rotatable bonds is 6. The number of nitroso groups, excluding NO2 is 1. The Morgan fingerprint density at radius 3 is 2.37 bits per heavy atom. The van der Waals surface area contributed by atoms with Crippen LogP contribution in [0.1, 0.15) is 24.8 Å². The number of hydrazine groups is 1. The quantitative estimate of drug-likeness (QED) is 0.531. The predicted octanol–water partition coefficient (Wildman–Crippen LogP) is 5.69. The Hall–Kier alpha value is -2.72. The molecule has 0 radical (unpaired) electrons. The minimum atomic E-state index is 0.516. The lowest BCUT2D eigenvalue weighted by Crippen LogP contribution is -2.48. The molecular formula is C23H25N3O. The summed E-state index contributed by atoms with van der Waals surface area (Å²) < 4.78 is 0. The molecule has 4 rings (SSSR count). The molecule has 1 heterocycles. The lowest BCUT2D eigenvalue weighted by molar-refractivity contribution is 0.211. The van der Waals surface area contributed by atoms with Gasteiger partial charge in [0, 0.05) is 30.4 Å². The highest BCUT2D eigenvalue weighted by molar-refractivity contribution is 6.01. The average Bonchev–Trinajstić information content (AvgIpc) is 2.74. The van der Waals surface area contributed by atoms with Gasteiger partial charge in [-0.25, -0.2) is 5.01 Å². The van der Waals surface area contributed by atoms with Crippen molar-refractivity contribution in [2.45, 2.75) is 25.7 Å². The van der Waals surface area contributed by atoms with Crippen molar-refractivity contribution < 1.29 is 0 Å². The SMILES string of the molecule is O=Nc1ccc(N2CCCCN2CCCc2ccccc2)c2ccccc12. The van der Waals surface area contributed by atoms with Crippen LogP contribution in [0.25, 0.3) is 10.8 Å². The Bertz CT molecular complexity index is 910. The molecule has 3 aromatic rings. The zero-order valence-corrected chi connectivity index (χ0v) is 15.6. The molecule has 0 spiro atoms. The number of nitrogens with zero attached hydrogens (tertiary/aromatic N) is 3. The van der Waals surface area contributed by atoms with Crippen molar-refractivity contribution in [3.63, 3.8) is 0 Å². The summed E-state index contributed by atoms with van der Waals surface area (Å²) in [4.78, 5) is 11.2. The fourth-order valence-corrected chi connectivity index (χ4v) is 4.01. The number of hydrogen-bond donors (Lipinski definition) is 0. The summed E-state index contributed by atoms with van der Waals surface area (Å²) >= 11 is 0. The molecule has 27 heavy (non-hydrogen) atoms. The number of benzene rings is 3. The summed E-state index contributed by atoms with van der Waals surface area (Å²) in [6, 6.07) is 22.7. The first-order valence-electron chi connectivity index (χ1n) is 9.78. The van der Waals surface area contributed by atoms with Gasteiger partial charge in [-0.15, -0.1) is 4.91 Å². The van der Waals surface area contributed by atoms with Gasteiger partial charge in [-0.1, -0.05) is 54.6 Å². The van der Waals surface area contributed by atoms with Gasteiger partial charge in [0.15, 0.2) is 0 Å². The Labute approximate surface area is 160 Å². The minimum Gasteiger partial charge on any atom is -0.305 e. The third-order valence-corrected chi connectivity index (χ3v) is 5.36. The first-order chi connectivity index (χ1) is 13.4. The number of aryl methyl sites for hydroxylation is 1. The van der Waals surface area contributed by atoms with Gasteiger partial charge in [-0.3, -0.25) is 0 Å². The molecule has 0 aliphatic carbocycles. The summed E-state index contributed by atoms with van der Waals surface area (Å²) in [5.74, 6) is 0. The summed E-state index contributed by atoms with van der Waals surface area (Å²) in [6.07, 6.45) is 4.65. The van der Waals surface area contributed by atoms with Crippen molar-refractivity contribution in [1.29, 1.82) is 0 Å². The van der Waals surface area contributed by atoms with Crippen LogP contribution in [0.15, 0.2) is 71.9 Å². The van der Waals surface area contributed by atoms with Crippen molar-refractivity contribution >= 4 is 22.1 Å². The van der Waals surface area contributed by atoms with Crippen LogP contribution in [0, 0.1) is 4.91 Å². The molecule has 0 saturated carbocycles. The fourth-order valence-electron chi connectivity index (χ4n) is 4.01. The van der Waals surface area contributed by atoms with Gasteiger partial charge in [0.05, 0.1) is 5.69 Å². The highest BCUT2D eigenvalue weighted by atomic mass is 16.3. The highest BCUT2D eigenvalue weighted by Crippen LogP contribution is 2.35. The maximum absolute atomic E-state index is 11.2. The van der Waals surface area contributed by atoms with Crippen LogP contribution in [0.5, 0.6) is 0 Å². The van der Waals surface area contributed by atoms with Crippen LogP contribution in [-0.2, 0) is 6.42 Å². The van der Waals surface area contributed by atoms with Crippen molar-refractivity contribution in [2.75, 3.05) is 24.6 Å². The maximum atomic E-state index is 11.2. The summed E-state index contributed by atoms with van der Waals surface area (Å²) in [6.45, 7) is 3.14. The molecule has 4 heteroatoms. The molecule has 1 fully saturated rings. The number of anilines is 1. The maximum Gasteiger partial charge on any atom is 0.115 e. The second-order valence-electron chi connectivity index (χ2n) is 7.11. The van der Waals surface area contributed by atoms with Gasteiger partial charge in [0.2, 0.25) is 0 Å². The molecule has 3 aromatic carbocycles. The molecule has 138 valence electrons. The summed E-state index contributed by atoms with van der Waals surface area (Å²) in [5, 5.41) is 10.1. The predicted molar refractivity (Wildman–Crippen MR) is 112 cm³/mol. The Kier molecular flexibility index (Phi) is 5.45. The van der Waals surface area contributed by atoms with E-state index in [4.69, 9.17) is 0 Å². The van der Waals surface area contributed by atoms with Gasteiger partial charge < -0.3 is 5.01 Å². The molecule has 1 aliphatic rings. The standard InChI is InChI=1S/C23H25N3O/c27-24-22-14-15-23(21-13-5-4-12-20(21)22)26-18-7-6-16-25(26)17-8-11-19-9-2-1-3-10-19/h1-5,9-10,12-15H,6-8,11,16-18H2. The normalized spacial score (nSPS) is 15.2. The number of hydrogen-bond acceptors (Lipinski definition) is 4. The lowest BCUT2D eigenvalue weighted by atomic mass is 10.1. The molecular weight excluding hydrogens is 334 g/mol. The van der Waals surface area contributed by atoms with Crippen LogP contribution in [0.4, 0.5) is 11.4 Å². The van der Waals surface area contributed by atoms with E-state index in [0.717, 1.165) is 43.2 Å². The lowest BCUT2D eigenvalue weighted by Gasteiger charge is -2.41. The third kappa shape index (κ3) is 3.86. The van der Waals surface area contributed by atoms with E-state index >= 15 is 0 Å². The number of fused-ring (bicyclic) bond motifs is 1. The van der Waals surface area contributed by atoms with Crippen LogP contribution in [0.3, 0.4) is 0 Å². The molecule has 1 saturated heterocycles. The van der Waals surface area contributed by atoms with Crippen LogP contribution in [0.2, 0.25) is 0 Å². The molecule has 0 N–H and O–H groups in total. The molecule has 4 nitrogen and oxygen atoms in total. The van der Waals surface area contributed by atoms with E-state index in [2.05, 4.69) is 57.7 Å². The summed E-state index contributed by atoms with van der Waals surface area (Å²) in [7, 11) is 0. The van der Waals surface area contributed by atoms with E-state index in [9.17, 15) is 4.91 Å². The third-order valence-electron chi connectivity index (χ3n) is 5.36. The molecule has 0 bridgehead atoms. The zero-order chi connectivity index (χ0) is 18.5. The molecule has 0 atom stereocenters. The second kappa shape index (κ2) is 8.31. The molecule has 0 aromatic heterocycles. The second-order valence-corrected chi connectivity index (χ2v) is 7.11. The van der Waals surface area contributed by atoms with Crippen molar-refractivity contribution in [2.24, 2.45) is 5.18 Å². The van der Waals surface area contributed by atoms with E-state index in [0.29, 0.717) is 5.69 Å². The zero-order valence-electron chi connectivity index (χ0n) is 15.6. The Balaban J connectivity index is 1.56. The van der Waals surface area contributed by atoms with Gasteiger partial charge in [-0.2, -0.15) is 0 Å². The van der Waals surface area contributed by atoms with E-state index in [1.807, 2.05) is 24.3 Å². The van der Waals surface area contributed by atoms with Gasteiger partial charge in [0.25, 0.3) is 0 Å².